The molecule has 0 aliphatic carbocycles. The van der Waals surface area contributed by atoms with Gasteiger partial charge in [0.25, 0.3) is 0 Å². The maximum Gasteiger partial charge on any atom is 0.303 e. The standard InChI is InChI=1S/C18H20N2O6S/c1-27(24,25)20-15-11-10-13(19-17(21)8-5-9-18(22)23)12-16(15)26-14-6-3-2-4-7-14/h2-4,6-7,10-12,20H,5,8-9H2,1H3,(H,19,21)(H,22,23). The highest BCUT2D eigenvalue weighted by atomic mass is 32.2. The van der Waals surface area contributed by atoms with Crippen LogP contribution in [0.2, 0.25) is 0 Å². The van der Waals surface area contributed by atoms with E-state index in [0.29, 0.717) is 11.4 Å². The van der Waals surface area contributed by atoms with E-state index in [1.807, 2.05) is 6.07 Å². The number of hydrogen-bond donors (Lipinski definition) is 3. The van der Waals surface area contributed by atoms with Gasteiger partial charge in [-0.2, -0.15) is 0 Å². The summed E-state index contributed by atoms with van der Waals surface area (Å²) in [5.74, 6) is -0.586. The number of ether oxygens (including phenoxy) is 1. The van der Waals surface area contributed by atoms with E-state index < -0.39 is 16.0 Å². The van der Waals surface area contributed by atoms with Crippen LogP contribution in [-0.2, 0) is 19.6 Å². The van der Waals surface area contributed by atoms with Gasteiger partial charge in [0.15, 0.2) is 5.75 Å². The summed E-state index contributed by atoms with van der Waals surface area (Å²) in [6.07, 6.45) is 1.22. The average molecular weight is 392 g/mol. The maximum absolute atomic E-state index is 11.9. The molecule has 144 valence electrons. The van der Waals surface area contributed by atoms with Crippen molar-refractivity contribution < 1.29 is 27.9 Å². The lowest BCUT2D eigenvalue weighted by Gasteiger charge is -2.14. The number of carbonyl (C=O) groups excluding carboxylic acids is 1. The first-order valence-corrected chi connectivity index (χ1v) is 9.98. The van der Waals surface area contributed by atoms with E-state index in [4.69, 9.17) is 9.84 Å². The average Bonchev–Trinajstić information content (AvgIpc) is 2.56. The topological polar surface area (TPSA) is 122 Å². The van der Waals surface area contributed by atoms with Crippen molar-refractivity contribution in [2.24, 2.45) is 0 Å². The van der Waals surface area contributed by atoms with Crippen molar-refractivity contribution in [1.29, 1.82) is 0 Å². The summed E-state index contributed by atoms with van der Waals surface area (Å²) in [7, 11) is -3.52. The molecule has 2 aromatic rings. The fraction of sp³-hybridized carbons (Fsp3) is 0.222. The van der Waals surface area contributed by atoms with Crippen LogP contribution in [-0.4, -0.2) is 31.7 Å². The normalized spacial score (nSPS) is 10.9. The Hall–Kier alpha value is -3.07. The second-order valence-electron chi connectivity index (χ2n) is 5.80. The molecule has 0 aliphatic rings. The zero-order valence-corrected chi connectivity index (χ0v) is 15.5. The molecule has 8 nitrogen and oxygen atoms in total. The molecule has 2 aromatic carbocycles. The Morgan fingerprint density at radius 2 is 1.78 bits per heavy atom. The molecular formula is C18H20N2O6S. The van der Waals surface area contributed by atoms with Gasteiger partial charge in [-0.1, -0.05) is 18.2 Å². The van der Waals surface area contributed by atoms with Crippen LogP contribution in [0.25, 0.3) is 0 Å². The number of sulfonamides is 1. The highest BCUT2D eigenvalue weighted by Gasteiger charge is 2.12. The smallest absolute Gasteiger partial charge is 0.303 e. The second kappa shape index (κ2) is 9.04. The van der Waals surface area contributed by atoms with E-state index in [-0.39, 0.29) is 36.6 Å². The largest absolute Gasteiger partial charge is 0.481 e. The van der Waals surface area contributed by atoms with Crippen molar-refractivity contribution in [3.63, 3.8) is 0 Å². The lowest BCUT2D eigenvalue weighted by Crippen LogP contribution is -2.13. The first-order chi connectivity index (χ1) is 12.7. The van der Waals surface area contributed by atoms with Gasteiger partial charge in [-0.25, -0.2) is 8.42 Å². The van der Waals surface area contributed by atoms with Crippen LogP contribution in [0.4, 0.5) is 11.4 Å². The summed E-state index contributed by atoms with van der Waals surface area (Å²) in [5.41, 5.74) is 0.630. The number of rotatable bonds is 9. The van der Waals surface area contributed by atoms with Crippen molar-refractivity contribution >= 4 is 33.3 Å². The number of benzene rings is 2. The third-order valence-corrected chi connectivity index (χ3v) is 3.92. The van der Waals surface area contributed by atoms with Crippen molar-refractivity contribution in [3.8, 4) is 11.5 Å². The summed E-state index contributed by atoms with van der Waals surface area (Å²) in [4.78, 5) is 22.4. The van der Waals surface area contributed by atoms with Crippen LogP contribution in [0.1, 0.15) is 19.3 Å². The molecule has 27 heavy (non-hydrogen) atoms. The third kappa shape index (κ3) is 7.37. The van der Waals surface area contributed by atoms with E-state index in [1.165, 1.54) is 18.2 Å². The number of carboxylic acids is 1. The Balaban J connectivity index is 2.18. The van der Waals surface area contributed by atoms with Gasteiger partial charge in [0.2, 0.25) is 15.9 Å². The number of carboxylic acid groups (broad SMARTS) is 1. The van der Waals surface area contributed by atoms with Crippen molar-refractivity contribution in [1.82, 2.24) is 0 Å². The Bertz CT molecular complexity index is 913. The Morgan fingerprint density at radius 1 is 1.07 bits per heavy atom. The van der Waals surface area contributed by atoms with Gasteiger partial charge in [-0.05, 0) is 30.7 Å². The van der Waals surface area contributed by atoms with Crippen LogP contribution in [0, 0.1) is 0 Å². The van der Waals surface area contributed by atoms with Crippen molar-refractivity contribution in [3.05, 3.63) is 48.5 Å². The highest BCUT2D eigenvalue weighted by Crippen LogP contribution is 2.33. The van der Waals surface area contributed by atoms with Gasteiger partial charge < -0.3 is 15.2 Å². The number of aliphatic carboxylic acids is 1. The summed E-state index contributed by atoms with van der Waals surface area (Å²) in [6, 6.07) is 13.3. The SMILES string of the molecule is CS(=O)(=O)Nc1ccc(NC(=O)CCCC(=O)O)cc1Oc1ccccc1. The molecule has 0 spiro atoms. The molecule has 0 heterocycles. The highest BCUT2D eigenvalue weighted by molar-refractivity contribution is 7.92. The molecule has 0 fully saturated rings. The molecule has 2 rings (SSSR count). The van der Waals surface area contributed by atoms with Crippen molar-refractivity contribution in [2.75, 3.05) is 16.3 Å². The molecule has 0 saturated heterocycles. The number of hydrogen-bond acceptors (Lipinski definition) is 5. The predicted molar refractivity (Wildman–Crippen MR) is 102 cm³/mol. The van der Waals surface area contributed by atoms with Gasteiger partial charge in [-0.3, -0.25) is 14.3 Å². The van der Waals surface area contributed by atoms with E-state index in [0.717, 1.165) is 6.26 Å². The number of carbonyl (C=O) groups is 2. The van der Waals surface area contributed by atoms with Crippen LogP contribution >= 0.6 is 0 Å². The quantitative estimate of drug-likeness (QED) is 0.603. The summed E-state index contributed by atoms with van der Waals surface area (Å²) in [5, 5.41) is 11.3. The number of nitrogens with one attached hydrogen (secondary N) is 2. The number of amides is 1. The summed E-state index contributed by atoms with van der Waals surface area (Å²) < 4.78 is 31.2. The third-order valence-electron chi connectivity index (χ3n) is 3.33. The van der Waals surface area contributed by atoms with Crippen molar-refractivity contribution in [2.45, 2.75) is 19.3 Å². The van der Waals surface area contributed by atoms with Gasteiger partial charge >= 0.3 is 5.97 Å². The Labute approximate surface area is 157 Å². The molecule has 9 heteroatoms. The Morgan fingerprint density at radius 3 is 2.41 bits per heavy atom. The minimum atomic E-state index is -3.52. The second-order valence-corrected chi connectivity index (χ2v) is 7.54. The van der Waals surface area contributed by atoms with Crippen LogP contribution in [0.5, 0.6) is 11.5 Å². The zero-order valence-electron chi connectivity index (χ0n) is 14.6. The molecule has 0 aromatic heterocycles. The molecule has 3 N–H and O–H groups in total. The minimum absolute atomic E-state index is 0.0600. The summed E-state index contributed by atoms with van der Waals surface area (Å²) in [6.45, 7) is 0. The summed E-state index contributed by atoms with van der Waals surface area (Å²) >= 11 is 0. The molecule has 0 unspecified atom stereocenters. The first-order valence-electron chi connectivity index (χ1n) is 8.09. The monoisotopic (exact) mass is 392 g/mol. The molecule has 1 amide bonds. The van der Waals surface area contributed by atoms with Gasteiger partial charge in [0, 0.05) is 24.6 Å². The van der Waals surface area contributed by atoms with E-state index >= 15 is 0 Å². The van der Waals surface area contributed by atoms with Gasteiger partial charge in [-0.15, -0.1) is 0 Å². The van der Waals surface area contributed by atoms with Crippen LogP contribution in [0.15, 0.2) is 48.5 Å². The van der Waals surface area contributed by atoms with Crippen LogP contribution < -0.4 is 14.8 Å². The molecular weight excluding hydrogens is 372 g/mol. The van der Waals surface area contributed by atoms with E-state index in [2.05, 4.69) is 10.0 Å². The lowest BCUT2D eigenvalue weighted by atomic mass is 10.2. The fourth-order valence-corrected chi connectivity index (χ4v) is 2.78. The molecule has 0 saturated carbocycles. The number of para-hydroxylation sites is 1. The number of anilines is 2. The fourth-order valence-electron chi connectivity index (χ4n) is 2.21. The molecule has 0 atom stereocenters. The van der Waals surface area contributed by atoms with E-state index in [1.54, 1.807) is 24.3 Å². The van der Waals surface area contributed by atoms with E-state index in [9.17, 15) is 18.0 Å². The Kier molecular flexibility index (Phi) is 6.78. The molecule has 0 aliphatic heterocycles. The molecule has 0 radical (unpaired) electrons. The zero-order chi connectivity index (χ0) is 19.9. The van der Waals surface area contributed by atoms with Gasteiger partial charge in [0.05, 0.1) is 11.9 Å². The lowest BCUT2D eigenvalue weighted by molar-refractivity contribution is -0.137. The predicted octanol–water partition coefficient (Wildman–Crippen LogP) is 3.04. The minimum Gasteiger partial charge on any atom is -0.481 e. The van der Waals surface area contributed by atoms with Crippen LogP contribution in [0.3, 0.4) is 0 Å². The molecule has 0 bridgehead atoms. The van der Waals surface area contributed by atoms with Gasteiger partial charge in [0.1, 0.15) is 5.75 Å². The first kappa shape index (κ1) is 20.2. The maximum atomic E-state index is 11.9.